The molecule has 0 atom stereocenters. The molecule has 0 fully saturated rings. The first-order valence-electron chi connectivity index (χ1n) is 16.7. The quantitative estimate of drug-likeness (QED) is 0.140. The predicted molar refractivity (Wildman–Crippen MR) is 196 cm³/mol. The van der Waals surface area contributed by atoms with Gasteiger partial charge in [0.05, 0.1) is 53.9 Å². The Bertz CT molecular complexity index is 2430. The molecular weight excluding hydrogens is 684 g/mol. The Morgan fingerprint density at radius 3 is 0.630 bits per heavy atom. The van der Waals surface area contributed by atoms with E-state index in [9.17, 15) is 0 Å². The van der Waals surface area contributed by atoms with Gasteiger partial charge >= 0.3 is 0 Å². The lowest BCUT2D eigenvalue weighted by atomic mass is 9.78. The van der Waals surface area contributed by atoms with Crippen molar-refractivity contribution in [3.8, 4) is 102 Å². The highest BCUT2D eigenvalue weighted by Crippen LogP contribution is 2.55. The van der Waals surface area contributed by atoms with E-state index in [4.69, 9.17) is 41.5 Å². The Kier molecular flexibility index (Phi) is 7.46. The van der Waals surface area contributed by atoms with Crippen LogP contribution in [-0.2, 0) is 0 Å². The van der Waals surface area contributed by atoms with Crippen molar-refractivity contribution in [2.75, 3.05) is 0 Å². The normalized spacial score (nSPS) is 11.3. The maximum Gasteiger partial charge on any atom is 0.227 e. The molecule has 0 aliphatic carbocycles. The Morgan fingerprint density at radius 2 is 0.426 bits per heavy atom. The molecule has 4 aromatic carbocycles. The van der Waals surface area contributed by atoms with Crippen LogP contribution in [0.15, 0.2) is 174 Å². The maximum absolute atomic E-state index is 6.18. The summed E-state index contributed by atoms with van der Waals surface area (Å²) in [6, 6.07) is 23.8. The summed E-state index contributed by atoms with van der Waals surface area (Å²) in [4.78, 5) is 27.2. The highest BCUT2D eigenvalue weighted by Gasteiger charge is 2.33. The van der Waals surface area contributed by atoms with Crippen molar-refractivity contribution in [3.63, 3.8) is 0 Å². The van der Waals surface area contributed by atoms with Gasteiger partial charge in [0.1, 0.15) is 37.6 Å². The van der Waals surface area contributed by atoms with Crippen molar-refractivity contribution in [1.82, 2.24) is 29.9 Å². The molecule has 0 saturated heterocycles. The van der Waals surface area contributed by atoms with Gasteiger partial charge in [-0.2, -0.15) is 0 Å². The van der Waals surface area contributed by atoms with Crippen molar-refractivity contribution in [1.29, 1.82) is 0 Å². The second kappa shape index (κ2) is 13.0. The van der Waals surface area contributed by atoms with Crippen LogP contribution in [0.4, 0.5) is 0 Å². The molecule has 0 bridgehead atoms. The van der Waals surface area contributed by atoms with E-state index in [2.05, 4.69) is 15.0 Å². The number of benzene rings is 4. The van der Waals surface area contributed by atoms with Crippen LogP contribution in [0.25, 0.3) is 102 Å². The summed E-state index contributed by atoms with van der Waals surface area (Å²) in [6.45, 7) is 0. The van der Waals surface area contributed by atoms with Crippen LogP contribution in [0, 0.1) is 0 Å². The van der Waals surface area contributed by atoms with Gasteiger partial charge in [-0.25, -0.2) is 29.9 Å². The molecule has 10 aromatic rings. The summed E-state index contributed by atoms with van der Waals surface area (Å²) >= 11 is 0. The van der Waals surface area contributed by atoms with Gasteiger partial charge < -0.3 is 26.5 Å². The maximum atomic E-state index is 6.18. The molecule has 0 aliphatic rings. The highest BCUT2D eigenvalue weighted by atomic mass is 16.4. The fraction of sp³-hybridized carbons (Fsp3) is 0. The van der Waals surface area contributed by atoms with E-state index in [1.165, 1.54) is 0 Å². The van der Waals surface area contributed by atoms with Crippen LogP contribution in [0.5, 0.6) is 0 Å². The number of rotatable bonds is 9. The molecule has 6 heterocycles. The summed E-state index contributed by atoms with van der Waals surface area (Å²) in [5, 5.41) is 0. The number of hydrogen-bond donors (Lipinski definition) is 0. The Balaban J connectivity index is 1.35. The van der Waals surface area contributed by atoms with Gasteiger partial charge in [-0.3, -0.25) is 0 Å². The lowest BCUT2D eigenvalue weighted by Gasteiger charge is -2.24. The SMILES string of the molecule is c1coc(-c2ccc(-c3c(-c4ncco4)c(-c4ccc(-c5ncco5)cc4)c(-c4ncco4)c(-c4ccc(-c5ncco5)cc4)c3-c3ncco3)cc2)n1. The van der Waals surface area contributed by atoms with E-state index in [0.29, 0.717) is 52.0 Å². The standard InChI is InChI=1S/C42H24N6O6/c1-7-28(37-43-13-19-49-37)8-2-25(1)31-34(40-46-16-22-52-40)32(26-3-9-29(10-4-26)38-44-14-20-50-38)36(42-48-18-24-54-42)33(35(31)41-47-17-23-53-41)27-5-11-30(12-6-27)39-45-15-21-51-39/h1-24H. The van der Waals surface area contributed by atoms with E-state index in [1.54, 1.807) is 74.8 Å². The summed E-state index contributed by atoms with van der Waals surface area (Å²) in [6.07, 6.45) is 19.0. The van der Waals surface area contributed by atoms with Crippen LogP contribution >= 0.6 is 0 Å². The molecular formula is C42H24N6O6. The summed E-state index contributed by atoms with van der Waals surface area (Å²) in [7, 11) is 0. The van der Waals surface area contributed by atoms with Gasteiger partial charge in [0.15, 0.2) is 0 Å². The second-order valence-corrected chi connectivity index (χ2v) is 12.0. The minimum absolute atomic E-state index is 0.361. The minimum atomic E-state index is 0.361. The lowest BCUT2D eigenvalue weighted by molar-refractivity contribution is 0.570. The molecule has 0 aliphatic heterocycles. The fourth-order valence-corrected chi connectivity index (χ4v) is 6.73. The van der Waals surface area contributed by atoms with Crippen molar-refractivity contribution < 1.29 is 26.5 Å². The fourth-order valence-electron chi connectivity index (χ4n) is 6.73. The number of aromatic nitrogens is 6. The van der Waals surface area contributed by atoms with Crippen LogP contribution in [0.3, 0.4) is 0 Å². The van der Waals surface area contributed by atoms with E-state index in [0.717, 1.165) is 50.1 Å². The lowest BCUT2D eigenvalue weighted by Crippen LogP contribution is -2.02. The van der Waals surface area contributed by atoms with Crippen molar-refractivity contribution >= 4 is 0 Å². The number of hydrogen-bond acceptors (Lipinski definition) is 12. The van der Waals surface area contributed by atoms with E-state index in [-0.39, 0.29) is 0 Å². The van der Waals surface area contributed by atoms with E-state index >= 15 is 0 Å². The minimum Gasteiger partial charge on any atom is -0.445 e. The molecule has 0 spiro atoms. The zero-order valence-electron chi connectivity index (χ0n) is 28.0. The van der Waals surface area contributed by atoms with Crippen molar-refractivity contribution in [2.24, 2.45) is 0 Å². The van der Waals surface area contributed by atoms with Gasteiger partial charge in [-0.15, -0.1) is 0 Å². The molecule has 54 heavy (non-hydrogen) atoms. The number of oxazole rings is 6. The second-order valence-electron chi connectivity index (χ2n) is 12.0. The molecule has 0 saturated carbocycles. The topological polar surface area (TPSA) is 156 Å². The Morgan fingerprint density at radius 1 is 0.222 bits per heavy atom. The number of nitrogens with zero attached hydrogens (tertiary/aromatic N) is 6. The summed E-state index contributed by atoms with van der Waals surface area (Å²) in [5.41, 5.74) is 9.09. The average Bonchev–Trinajstić information content (AvgIpc) is 4.08. The molecule has 12 heteroatoms. The molecule has 0 amide bonds. The average molecular weight is 709 g/mol. The van der Waals surface area contributed by atoms with Gasteiger partial charge in [0.2, 0.25) is 35.3 Å². The third-order valence-electron chi connectivity index (χ3n) is 9.00. The highest BCUT2D eigenvalue weighted by molar-refractivity contribution is 6.12. The zero-order chi connectivity index (χ0) is 35.8. The van der Waals surface area contributed by atoms with Crippen molar-refractivity contribution in [2.45, 2.75) is 0 Å². The van der Waals surface area contributed by atoms with Crippen molar-refractivity contribution in [3.05, 3.63) is 148 Å². The zero-order valence-corrected chi connectivity index (χ0v) is 28.0. The van der Waals surface area contributed by atoms with Gasteiger partial charge in [-0.05, 0) is 53.1 Å². The van der Waals surface area contributed by atoms with Gasteiger partial charge in [0.25, 0.3) is 0 Å². The van der Waals surface area contributed by atoms with Gasteiger partial charge in [0, 0.05) is 33.4 Å². The first-order chi connectivity index (χ1) is 26.8. The smallest absolute Gasteiger partial charge is 0.227 e. The third-order valence-corrected chi connectivity index (χ3v) is 9.00. The third kappa shape index (κ3) is 5.33. The largest absolute Gasteiger partial charge is 0.445 e. The monoisotopic (exact) mass is 708 g/mol. The molecule has 0 unspecified atom stereocenters. The van der Waals surface area contributed by atoms with Crippen LogP contribution in [-0.4, -0.2) is 29.9 Å². The molecule has 258 valence electrons. The summed E-state index contributed by atoms with van der Waals surface area (Å²) in [5.74, 6) is 2.58. The predicted octanol–water partition coefficient (Wildman–Crippen LogP) is 10.6. The Hall–Kier alpha value is -7.86. The van der Waals surface area contributed by atoms with E-state index in [1.807, 2.05) is 72.8 Å². The van der Waals surface area contributed by atoms with Crippen LogP contribution in [0.2, 0.25) is 0 Å². The van der Waals surface area contributed by atoms with E-state index < -0.39 is 0 Å². The van der Waals surface area contributed by atoms with Crippen LogP contribution in [0.1, 0.15) is 0 Å². The van der Waals surface area contributed by atoms with Gasteiger partial charge in [-0.1, -0.05) is 36.4 Å². The molecule has 6 aromatic heterocycles. The molecule has 0 N–H and O–H groups in total. The summed E-state index contributed by atoms with van der Waals surface area (Å²) < 4.78 is 35.4. The molecule has 10 rings (SSSR count). The first kappa shape index (κ1) is 30.9. The molecule has 12 nitrogen and oxygen atoms in total. The first-order valence-corrected chi connectivity index (χ1v) is 16.7. The molecule has 0 radical (unpaired) electrons. The van der Waals surface area contributed by atoms with Crippen LogP contribution < -0.4 is 0 Å². The Labute approximate surface area is 305 Å².